The predicted octanol–water partition coefficient (Wildman–Crippen LogP) is 5.82. The molecule has 1 aliphatic carbocycles. The molecule has 1 saturated carbocycles. The monoisotopic (exact) mass is 267 g/mol. The first-order valence-electron chi connectivity index (χ1n) is 8.97. The van der Waals surface area contributed by atoms with Crippen molar-refractivity contribution in [2.75, 3.05) is 6.54 Å². The molecule has 1 aliphatic rings. The molecule has 0 bridgehead atoms. The second-order valence-corrected chi connectivity index (χ2v) is 7.09. The third-order valence-corrected chi connectivity index (χ3v) is 5.05. The Morgan fingerprint density at radius 1 is 0.684 bits per heavy atom. The Morgan fingerprint density at radius 2 is 1.11 bits per heavy atom. The van der Waals surface area contributed by atoms with Gasteiger partial charge in [0.05, 0.1) is 0 Å². The van der Waals surface area contributed by atoms with Crippen molar-refractivity contribution < 1.29 is 0 Å². The van der Waals surface area contributed by atoms with E-state index in [1.807, 2.05) is 0 Å². The van der Waals surface area contributed by atoms with E-state index < -0.39 is 0 Å². The van der Waals surface area contributed by atoms with Crippen LogP contribution >= 0.6 is 0 Å². The van der Waals surface area contributed by atoms with Crippen molar-refractivity contribution in [2.24, 2.45) is 11.1 Å². The quantitative estimate of drug-likeness (QED) is 0.638. The maximum atomic E-state index is 5.64. The lowest BCUT2D eigenvalue weighted by Crippen LogP contribution is -2.17. The van der Waals surface area contributed by atoms with E-state index in [-0.39, 0.29) is 0 Å². The second kappa shape index (κ2) is 10.7. The fourth-order valence-corrected chi connectivity index (χ4v) is 3.59. The standard InChI is InChI=1S/C18H37N/c1-18(16-12-13-17-19)14-10-8-6-4-2-3-5-7-9-11-15-18/h2-17,19H2,1H3. The smallest absolute Gasteiger partial charge is 0.00773 e. The molecule has 0 amide bonds. The molecule has 0 aromatic rings. The summed E-state index contributed by atoms with van der Waals surface area (Å²) < 4.78 is 0. The lowest BCUT2D eigenvalue weighted by molar-refractivity contribution is 0.224. The van der Waals surface area contributed by atoms with Crippen LogP contribution in [-0.2, 0) is 0 Å². The Labute approximate surface area is 121 Å². The first kappa shape index (κ1) is 17.0. The van der Waals surface area contributed by atoms with Crippen LogP contribution in [0.2, 0.25) is 0 Å². The van der Waals surface area contributed by atoms with Crippen molar-refractivity contribution >= 4 is 0 Å². The zero-order valence-electron chi connectivity index (χ0n) is 13.4. The Hall–Kier alpha value is -0.0400. The van der Waals surface area contributed by atoms with Crippen LogP contribution in [-0.4, -0.2) is 6.54 Å². The molecule has 114 valence electrons. The summed E-state index contributed by atoms with van der Waals surface area (Å²) in [5.74, 6) is 0. The van der Waals surface area contributed by atoms with E-state index in [4.69, 9.17) is 5.73 Å². The van der Waals surface area contributed by atoms with Gasteiger partial charge in [-0.3, -0.25) is 0 Å². The number of nitrogens with two attached hydrogens (primary N) is 1. The fourth-order valence-electron chi connectivity index (χ4n) is 3.59. The van der Waals surface area contributed by atoms with E-state index in [2.05, 4.69) is 6.92 Å². The van der Waals surface area contributed by atoms with E-state index in [1.165, 1.54) is 96.3 Å². The van der Waals surface area contributed by atoms with Gasteiger partial charge < -0.3 is 5.73 Å². The summed E-state index contributed by atoms with van der Waals surface area (Å²) in [6, 6.07) is 0. The van der Waals surface area contributed by atoms with E-state index in [1.54, 1.807) is 0 Å². The van der Waals surface area contributed by atoms with Crippen LogP contribution in [0.15, 0.2) is 0 Å². The Kier molecular flexibility index (Phi) is 9.59. The average Bonchev–Trinajstić information content (AvgIpc) is 2.42. The fraction of sp³-hybridized carbons (Fsp3) is 1.00. The topological polar surface area (TPSA) is 26.0 Å². The van der Waals surface area contributed by atoms with Gasteiger partial charge in [0.15, 0.2) is 0 Å². The van der Waals surface area contributed by atoms with Crippen molar-refractivity contribution in [3.05, 3.63) is 0 Å². The van der Waals surface area contributed by atoms with E-state index in [9.17, 15) is 0 Å². The molecular formula is C18H37N. The Balaban J connectivity index is 2.35. The summed E-state index contributed by atoms with van der Waals surface area (Å²) in [7, 11) is 0. The van der Waals surface area contributed by atoms with E-state index in [0.717, 1.165) is 6.54 Å². The van der Waals surface area contributed by atoms with Crippen LogP contribution in [0.25, 0.3) is 0 Å². The van der Waals surface area contributed by atoms with Crippen molar-refractivity contribution in [1.29, 1.82) is 0 Å². The molecule has 0 radical (unpaired) electrons. The van der Waals surface area contributed by atoms with Crippen molar-refractivity contribution in [3.63, 3.8) is 0 Å². The minimum absolute atomic E-state index is 0.614. The Morgan fingerprint density at radius 3 is 1.53 bits per heavy atom. The molecule has 0 heterocycles. The van der Waals surface area contributed by atoms with Gasteiger partial charge in [0, 0.05) is 0 Å². The normalized spacial score (nSPS) is 23.1. The third kappa shape index (κ3) is 8.68. The zero-order chi connectivity index (χ0) is 13.8. The second-order valence-electron chi connectivity index (χ2n) is 7.09. The molecule has 1 nitrogen and oxygen atoms in total. The molecular weight excluding hydrogens is 230 g/mol. The summed E-state index contributed by atoms with van der Waals surface area (Å²) in [6.07, 6.45) is 21.6. The molecule has 0 spiro atoms. The van der Waals surface area contributed by atoms with Crippen molar-refractivity contribution in [1.82, 2.24) is 0 Å². The molecule has 0 unspecified atom stereocenters. The highest BCUT2D eigenvalue weighted by Crippen LogP contribution is 2.36. The highest BCUT2D eigenvalue weighted by Gasteiger charge is 2.22. The highest BCUT2D eigenvalue weighted by molar-refractivity contribution is 4.75. The van der Waals surface area contributed by atoms with Gasteiger partial charge in [-0.15, -0.1) is 0 Å². The highest BCUT2D eigenvalue weighted by atomic mass is 14.5. The van der Waals surface area contributed by atoms with Gasteiger partial charge in [0.1, 0.15) is 0 Å². The lowest BCUT2D eigenvalue weighted by atomic mass is 9.76. The van der Waals surface area contributed by atoms with Crippen LogP contribution in [0.1, 0.15) is 103 Å². The molecule has 0 saturated heterocycles. The molecule has 2 N–H and O–H groups in total. The van der Waals surface area contributed by atoms with Gasteiger partial charge in [-0.05, 0) is 37.6 Å². The van der Waals surface area contributed by atoms with E-state index >= 15 is 0 Å². The van der Waals surface area contributed by atoms with Gasteiger partial charge in [-0.2, -0.15) is 0 Å². The van der Waals surface area contributed by atoms with Crippen molar-refractivity contribution in [3.8, 4) is 0 Å². The van der Waals surface area contributed by atoms with Crippen LogP contribution in [0.4, 0.5) is 0 Å². The largest absolute Gasteiger partial charge is 0.330 e. The summed E-state index contributed by atoms with van der Waals surface area (Å²) in [4.78, 5) is 0. The van der Waals surface area contributed by atoms with Crippen LogP contribution in [0.5, 0.6) is 0 Å². The van der Waals surface area contributed by atoms with Gasteiger partial charge in [0.2, 0.25) is 0 Å². The maximum absolute atomic E-state index is 5.64. The minimum atomic E-state index is 0.614. The lowest BCUT2D eigenvalue weighted by Gasteiger charge is -2.30. The van der Waals surface area contributed by atoms with Crippen LogP contribution in [0, 0.1) is 5.41 Å². The Bertz CT molecular complexity index is 186. The van der Waals surface area contributed by atoms with Crippen LogP contribution in [0.3, 0.4) is 0 Å². The minimum Gasteiger partial charge on any atom is -0.330 e. The molecule has 19 heavy (non-hydrogen) atoms. The zero-order valence-corrected chi connectivity index (χ0v) is 13.4. The number of hydrogen-bond acceptors (Lipinski definition) is 1. The molecule has 1 fully saturated rings. The summed E-state index contributed by atoms with van der Waals surface area (Å²) in [6.45, 7) is 3.42. The molecule has 0 aromatic heterocycles. The third-order valence-electron chi connectivity index (χ3n) is 5.05. The number of unbranched alkanes of at least 4 members (excludes halogenated alkanes) is 1. The van der Waals surface area contributed by atoms with Gasteiger partial charge in [0.25, 0.3) is 0 Å². The molecule has 0 atom stereocenters. The van der Waals surface area contributed by atoms with Gasteiger partial charge in [-0.1, -0.05) is 77.6 Å². The number of hydrogen-bond donors (Lipinski definition) is 1. The maximum Gasteiger partial charge on any atom is -0.00773 e. The van der Waals surface area contributed by atoms with E-state index in [0.29, 0.717) is 5.41 Å². The predicted molar refractivity (Wildman–Crippen MR) is 86.4 cm³/mol. The number of rotatable bonds is 4. The SMILES string of the molecule is CC1(CCCCN)CCCCCCCCCCCC1. The summed E-state index contributed by atoms with van der Waals surface area (Å²) in [5, 5.41) is 0. The summed E-state index contributed by atoms with van der Waals surface area (Å²) >= 11 is 0. The average molecular weight is 268 g/mol. The first-order valence-corrected chi connectivity index (χ1v) is 8.97. The summed E-state index contributed by atoms with van der Waals surface area (Å²) in [5.41, 5.74) is 6.26. The molecule has 1 rings (SSSR count). The van der Waals surface area contributed by atoms with Gasteiger partial charge >= 0.3 is 0 Å². The van der Waals surface area contributed by atoms with Crippen LogP contribution < -0.4 is 5.73 Å². The first-order chi connectivity index (χ1) is 9.27. The molecule has 1 heteroatoms. The van der Waals surface area contributed by atoms with Crippen molar-refractivity contribution in [2.45, 2.75) is 103 Å². The molecule has 0 aromatic carbocycles. The molecule has 0 aliphatic heterocycles. The van der Waals surface area contributed by atoms with Gasteiger partial charge in [-0.25, -0.2) is 0 Å².